The molecule has 2 rings (SSSR count). The Morgan fingerprint density at radius 1 is 1.56 bits per heavy atom. The van der Waals surface area contributed by atoms with Gasteiger partial charge >= 0.3 is 6.43 Å². The molecule has 1 fully saturated rings. The maximum Gasteiger partial charge on any atom is 0.303 e. The van der Waals surface area contributed by atoms with E-state index >= 15 is 0 Å². The third-order valence-electron chi connectivity index (χ3n) is 2.22. The molecule has 0 aliphatic carbocycles. The van der Waals surface area contributed by atoms with Gasteiger partial charge in [0, 0.05) is 5.38 Å². The maximum absolute atomic E-state index is 12.2. The largest absolute Gasteiger partial charge is 0.342 e. The molecule has 1 aromatic heterocycles. The van der Waals surface area contributed by atoms with Crippen LogP contribution in [0.2, 0.25) is 0 Å². The van der Waals surface area contributed by atoms with Gasteiger partial charge in [-0.05, 0) is 6.92 Å². The number of halogens is 2. The summed E-state index contributed by atoms with van der Waals surface area (Å²) in [6, 6.07) is 0. The number of alkyl halides is 2. The van der Waals surface area contributed by atoms with Crippen LogP contribution in [0.3, 0.4) is 0 Å². The first-order chi connectivity index (χ1) is 7.53. The smallest absolute Gasteiger partial charge is 0.303 e. The molecular weight excluding hydrogens is 240 g/mol. The molecule has 1 aliphatic rings. The molecule has 7 heteroatoms. The Morgan fingerprint density at radius 2 is 2.19 bits per heavy atom. The normalized spacial score (nSPS) is 19.2. The minimum Gasteiger partial charge on any atom is -0.342 e. The van der Waals surface area contributed by atoms with Crippen molar-refractivity contribution in [1.29, 1.82) is 0 Å². The van der Waals surface area contributed by atoms with Crippen molar-refractivity contribution >= 4 is 17.1 Å². The van der Waals surface area contributed by atoms with Crippen LogP contribution in [0.5, 0.6) is 0 Å². The highest BCUT2D eigenvalue weighted by molar-refractivity contribution is 7.11. The lowest BCUT2D eigenvalue weighted by Gasteiger charge is -2.19. The molecule has 0 radical (unpaired) electrons. The Morgan fingerprint density at radius 3 is 2.75 bits per heavy atom. The summed E-state index contributed by atoms with van der Waals surface area (Å²) in [7, 11) is 0. The lowest BCUT2D eigenvalue weighted by molar-refractivity contribution is -0.152. The van der Waals surface area contributed by atoms with E-state index in [2.05, 4.69) is 4.98 Å². The fraction of sp³-hybridized carbons (Fsp3) is 0.556. The zero-order valence-electron chi connectivity index (χ0n) is 8.41. The number of aromatic nitrogens is 1. The molecule has 0 amide bonds. The Balaban J connectivity index is 2.22. The predicted octanol–water partition coefficient (Wildman–Crippen LogP) is 1.81. The number of Topliss-reactive ketones (excluding diaryl/α,β-unsaturated/α-hetero) is 1. The first kappa shape index (κ1) is 11.6. The van der Waals surface area contributed by atoms with Crippen LogP contribution in [0, 0.1) is 0 Å². The van der Waals surface area contributed by atoms with Crippen molar-refractivity contribution in [2.45, 2.75) is 19.1 Å². The zero-order valence-corrected chi connectivity index (χ0v) is 9.22. The monoisotopic (exact) mass is 249 g/mol. The van der Waals surface area contributed by atoms with Crippen molar-refractivity contribution in [3.05, 3.63) is 16.1 Å². The molecule has 0 N–H and O–H groups in total. The summed E-state index contributed by atoms with van der Waals surface area (Å²) in [6.45, 7) is 2.49. The standard InChI is InChI=1S/C9H9F2NO3S/c1-9(14-2-3-15-9)5-4-16-8(12-5)6(13)7(10)11/h4,7H,2-3H2,1H3. The van der Waals surface area contributed by atoms with Crippen LogP contribution >= 0.6 is 11.3 Å². The van der Waals surface area contributed by atoms with Crippen molar-refractivity contribution in [2.24, 2.45) is 0 Å². The number of thiazole rings is 1. The van der Waals surface area contributed by atoms with E-state index in [1.165, 1.54) is 5.38 Å². The molecule has 4 nitrogen and oxygen atoms in total. The summed E-state index contributed by atoms with van der Waals surface area (Å²) in [6.07, 6.45) is -3.03. The van der Waals surface area contributed by atoms with Gasteiger partial charge in [0.25, 0.3) is 5.78 Å². The van der Waals surface area contributed by atoms with E-state index in [9.17, 15) is 13.6 Å². The van der Waals surface area contributed by atoms with E-state index in [0.717, 1.165) is 11.3 Å². The van der Waals surface area contributed by atoms with E-state index in [1.807, 2.05) is 0 Å². The Bertz CT molecular complexity index is 401. The molecule has 0 saturated carbocycles. The Kier molecular flexibility index (Phi) is 3.00. The number of carbonyl (C=O) groups excluding carboxylic acids is 1. The second-order valence-corrected chi connectivity index (χ2v) is 4.20. The van der Waals surface area contributed by atoms with E-state index in [4.69, 9.17) is 9.47 Å². The number of hydrogen-bond donors (Lipinski definition) is 0. The molecule has 2 heterocycles. The van der Waals surface area contributed by atoms with Crippen LogP contribution in [0.25, 0.3) is 0 Å². The summed E-state index contributed by atoms with van der Waals surface area (Å²) < 4.78 is 34.9. The Hall–Kier alpha value is -0.920. The molecule has 0 atom stereocenters. The summed E-state index contributed by atoms with van der Waals surface area (Å²) in [5.74, 6) is -2.28. The molecule has 1 aliphatic heterocycles. The van der Waals surface area contributed by atoms with Gasteiger partial charge in [0.2, 0.25) is 5.79 Å². The summed E-state index contributed by atoms with van der Waals surface area (Å²) >= 11 is 0.871. The van der Waals surface area contributed by atoms with Gasteiger partial charge in [-0.25, -0.2) is 13.8 Å². The average molecular weight is 249 g/mol. The van der Waals surface area contributed by atoms with Gasteiger partial charge in [-0.1, -0.05) is 0 Å². The van der Waals surface area contributed by atoms with Gasteiger partial charge in [-0.15, -0.1) is 11.3 Å². The van der Waals surface area contributed by atoms with Crippen molar-refractivity contribution in [2.75, 3.05) is 13.2 Å². The van der Waals surface area contributed by atoms with Crippen molar-refractivity contribution in [3.63, 3.8) is 0 Å². The molecule has 1 aromatic rings. The highest BCUT2D eigenvalue weighted by atomic mass is 32.1. The summed E-state index contributed by atoms with van der Waals surface area (Å²) in [4.78, 5) is 14.8. The van der Waals surface area contributed by atoms with Crippen LogP contribution in [0.4, 0.5) is 8.78 Å². The molecule has 0 unspecified atom stereocenters. The van der Waals surface area contributed by atoms with Crippen LogP contribution in [-0.2, 0) is 15.3 Å². The van der Waals surface area contributed by atoms with Crippen LogP contribution in [0.1, 0.15) is 22.4 Å². The molecule has 88 valence electrons. The van der Waals surface area contributed by atoms with E-state index < -0.39 is 18.0 Å². The average Bonchev–Trinajstić information content (AvgIpc) is 2.85. The van der Waals surface area contributed by atoms with Gasteiger partial charge in [-0.2, -0.15) is 0 Å². The van der Waals surface area contributed by atoms with Crippen LogP contribution < -0.4 is 0 Å². The van der Waals surface area contributed by atoms with Crippen molar-refractivity contribution in [1.82, 2.24) is 4.98 Å². The summed E-state index contributed by atoms with van der Waals surface area (Å²) in [5, 5.41) is 1.28. The molecule has 0 aromatic carbocycles. The molecule has 1 saturated heterocycles. The van der Waals surface area contributed by atoms with E-state index in [-0.39, 0.29) is 5.01 Å². The first-order valence-electron chi connectivity index (χ1n) is 4.59. The van der Waals surface area contributed by atoms with Crippen molar-refractivity contribution < 1.29 is 23.0 Å². The Labute approximate surface area is 94.2 Å². The number of nitrogens with zero attached hydrogens (tertiary/aromatic N) is 1. The third kappa shape index (κ3) is 1.98. The predicted molar refractivity (Wildman–Crippen MR) is 51.7 cm³/mol. The number of hydrogen-bond acceptors (Lipinski definition) is 5. The lowest BCUT2D eigenvalue weighted by Crippen LogP contribution is -2.23. The van der Waals surface area contributed by atoms with Crippen molar-refractivity contribution in [3.8, 4) is 0 Å². The second-order valence-electron chi connectivity index (χ2n) is 3.35. The molecule has 0 bridgehead atoms. The maximum atomic E-state index is 12.2. The first-order valence-corrected chi connectivity index (χ1v) is 5.47. The van der Waals surface area contributed by atoms with Gasteiger partial charge in [0.15, 0.2) is 5.01 Å². The number of ketones is 1. The van der Waals surface area contributed by atoms with Gasteiger partial charge in [-0.3, -0.25) is 4.79 Å². The minimum atomic E-state index is -3.03. The van der Waals surface area contributed by atoms with Crippen LogP contribution in [0.15, 0.2) is 5.38 Å². The highest BCUT2D eigenvalue weighted by Crippen LogP contribution is 2.31. The third-order valence-corrected chi connectivity index (χ3v) is 3.07. The van der Waals surface area contributed by atoms with E-state index in [0.29, 0.717) is 18.9 Å². The number of carbonyl (C=O) groups is 1. The van der Waals surface area contributed by atoms with E-state index in [1.54, 1.807) is 6.92 Å². The summed E-state index contributed by atoms with van der Waals surface area (Å²) in [5.41, 5.74) is 0.360. The molecule has 16 heavy (non-hydrogen) atoms. The number of rotatable bonds is 3. The fourth-order valence-corrected chi connectivity index (χ4v) is 2.20. The van der Waals surface area contributed by atoms with Gasteiger partial charge < -0.3 is 9.47 Å². The van der Waals surface area contributed by atoms with Crippen LogP contribution in [-0.4, -0.2) is 30.4 Å². The molecule has 0 spiro atoms. The second kappa shape index (κ2) is 4.15. The minimum absolute atomic E-state index is 0.217. The molecular formula is C9H9F2NO3S. The van der Waals surface area contributed by atoms with Gasteiger partial charge in [0.1, 0.15) is 5.69 Å². The topological polar surface area (TPSA) is 48.4 Å². The quantitative estimate of drug-likeness (QED) is 0.766. The lowest BCUT2D eigenvalue weighted by atomic mass is 10.2. The highest BCUT2D eigenvalue weighted by Gasteiger charge is 2.36. The number of ether oxygens (including phenoxy) is 2. The van der Waals surface area contributed by atoms with Gasteiger partial charge in [0.05, 0.1) is 13.2 Å². The zero-order chi connectivity index (χ0) is 11.8. The SMILES string of the molecule is CC1(c2csc(C(=O)C(F)F)n2)OCCO1. The fourth-order valence-electron chi connectivity index (χ4n) is 1.35.